The Morgan fingerprint density at radius 1 is 1.58 bits per heavy atom. The first-order valence-electron chi connectivity index (χ1n) is 5.46. The fraction of sp³-hybridized carbons (Fsp3) is 0.333. The van der Waals surface area contributed by atoms with Gasteiger partial charge in [-0.15, -0.1) is 0 Å². The van der Waals surface area contributed by atoms with Crippen molar-refractivity contribution in [1.29, 1.82) is 5.26 Å². The molecule has 0 N–H and O–H groups in total. The number of hydrogen-bond donors (Lipinski definition) is 0. The van der Waals surface area contributed by atoms with Crippen molar-refractivity contribution in [2.75, 3.05) is 25.6 Å². The third-order valence-electron chi connectivity index (χ3n) is 2.59. The van der Waals surface area contributed by atoms with E-state index >= 15 is 0 Å². The fourth-order valence-electron chi connectivity index (χ4n) is 1.53. The number of nitro benzene ring substituents is 1. The van der Waals surface area contributed by atoms with E-state index in [1.807, 2.05) is 6.07 Å². The second-order valence-corrected chi connectivity index (χ2v) is 3.82. The van der Waals surface area contributed by atoms with Gasteiger partial charge >= 0.3 is 5.97 Å². The first kappa shape index (κ1) is 14.4. The van der Waals surface area contributed by atoms with Crippen molar-refractivity contribution >= 4 is 17.3 Å². The predicted octanol–water partition coefficient (Wildman–Crippen LogP) is 1.47. The number of methoxy groups -OCH3 is 1. The standard InChI is InChI=1S/C12H13N3O4/c1-14(6-5-12(16)19-2)11-7-9(8-13)3-4-10(11)15(17)18/h3-4,7H,5-6H2,1-2H3. The van der Waals surface area contributed by atoms with Gasteiger partial charge in [-0.3, -0.25) is 14.9 Å². The van der Waals surface area contributed by atoms with Gasteiger partial charge in [0.2, 0.25) is 0 Å². The highest BCUT2D eigenvalue weighted by atomic mass is 16.6. The number of carbonyl (C=O) groups excluding carboxylic acids is 1. The number of benzene rings is 1. The van der Waals surface area contributed by atoms with Gasteiger partial charge in [0.05, 0.1) is 30.1 Å². The van der Waals surface area contributed by atoms with Crippen LogP contribution in [-0.4, -0.2) is 31.6 Å². The summed E-state index contributed by atoms with van der Waals surface area (Å²) in [6.07, 6.45) is 0.112. The number of ether oxygens (including phenoxy) is 1. The van der Waals surface area contributed by atoms with E-state index in [1.54, 1.807) is 11.9 Å². The van der Waals surface area contributed by atoms with Crippen molar-refractivity contribution in [3.63, 3.8) is 0 Å². The molecule has 0 saturated heterocycles. The van der Waals surface area contributed by atoms with Crippen LogP contribution in [0, 0.1) is 21.4 Å². The third-order valence-corrected chi connectivity index (χ3v) is 2.59. The maximum Gasteiger partial charge on any atom is 0.307 e. The van der Waals surface area contributed by atoms with Crippen molar-refractivity contribution in [2.45, 2.75) is 6.42 Å². The molecule has 7 nitrogen and oxygen atoms in total. The lowest BCUT2D eigenvalue weighted by molar-refractivity contribution is -0.384. The van der Waals surface area contributed by atoms with Gasteiger partial charge in [0.1, 0.15) is 5.69 Å². The molecule has 100 valence electrons. The van der Waals surface area contributed by atoms with Gasteiger partial charge in [-0.2, -0.15) is 5.26 Å². The Hall–Kier alpha value is -2.62. The smallest absolute Gasteiger partial charge is 0.307 e. The van der Waals surface area contributed by atoms with Crippen LogP contribution in [0.5, 0.6) is 0 Å². The van der Waals surface area contributed by atoms with Gasteiger partial charge in [0.25, 0.3) is 5.69 Å². The summed E-state index contributed by atoms with van der Waals surface area (Å²) in [5.74, 6) is -0.397. The van der Waals surface area contributed by atoms with Gasteiger partial charge < -0.3 is 9.64 Å². The normalized spacial score (nSPS) is 9.53. The van der Waals surface area contributed by atoms with Crippen LogP contribution in [0.1, 0.15) is 12.0 Å². The number of nitrogens with zero attached hydrogens (tertiary/aromatic N) is 3. The summed E-state index contributed by atoms with van der Waals surface area (Å²) in [6, 6.07) is 6.01. The number of esters is 1. The van der Waals surface area contributed by atoms with E-state index in [4.69, 9.17) is 5.26 Å². The molecule has 0 spiro atoms. The van der Waals surface area contributed by atoms with Gasteiger partial charge in [-0.1, -0.05) is 0 Å². The molecule has 0 heterocycles. The predicted molar refractivity (Wildman–Crippen MR) is 67.7 cm³/mol. The van der Waals surface area contributed by atoms with Crippen LogP contribution in [0.15, 0.2) is 18.2 Å². The van der Waals surface area contributed by atoms with Crippen molar-refractivity contribution < 1.29 is 14.5 Å². The van der Waals surface area contributed by atoms with Crippen LogP contribution < -0.4 is 4.90 Å². The Morgan fingerprint density at radius 3 is 2.79 bits per heavy atom. The van der Waals surface area contributed by atoms with E-state index in [9.17, 15) is 14.9 Å². The van der Waals surface area contributed by atoms with Gasteiger partial charge in [0, 0.05) is 19.7 Å². The Morgan fingerprint density at radius 2 is 2.26 bits per heavy atom. The molecule has 0 saturated carbocycles. The highest BCUT2D eigenvalue weighted by Crippen LogP contribution is 2.28. The maximum atomic E-state index is 11.1. The number of anilines is 1. The molecule has 0 aromatic heterocycles. The third kappa shape index (κ3) is 3.67. The molecule has 0 amide bonds. The number of rotatable bonds is 5. The fourth-order valence-corrected chi connectivity index (χ4v) is 1.53. The number of nitriles is 1. The molecule has 1 aromatic carbocycles. The molecular weight excluding hydrogens is 250 g/mol. The molecule has 0 radical (unpaired) electrons. The topological polar surface area (TPSA) is 96.5 Å². The van der Waals surface area contributed by atoms with E-state index in [0.29, 0.717) is 11.3 Å². The van der Waals surface area contributed by atoms with Crippen LogP contribution in [-0.2, 0) is 9.53 Å². The zero-order valence-electron chi connectivity index (χ0n) is 10.6. The molecule has 0 aliphatic heterocycles. The Labute approximate surface area is 110 Å². The summed E-state index contributed by atoms with van der Waals surface area (Å²) in [5.41, 5.74) is 0.518. The number of nitro groups is 1. The molecule has 0 bridgehead atoms. The van der Waals surface area contributed by atoms with Gasteiger partial charge in [-0.25, -0.2) is 0 Å². The lowest BCUT2D eigenvalue weighted by atomic mass is 10.1. The van der Waals surface area contributed by atoms with E-state index in [-0.39, 0.29) is 18.7 Å². The van der Waals surface area contributed by atoms with Crippen molar-refractivity contribution in [3.05, 3.63) is 33.9 Å². The molecule has 0 fully saturated rings. The first-order chi connectivity index (χ1) is 8.99. The Bertz CT molecular complexity index is 536. The minimum Gasteiger partial charge on any atom is -0.469 e. The average Bonchev–Trinajstić information content (AvgIpc) is 2.43. The van der Waals surface area contributed by atoms with E-state index < -0.39 is 10.9 Å². The zero-order valence-corrected chi connectivity index (χ0v) is 10.6. The minimum atomic E-state index is -0.523. The molecule has 19 heavy (non-hydrogen) atoms. The molecule has 0 atom stereocenters. The maximum absolute atomic E-state index is 11.1. The van der Waals surface area contributed by atoms with Crippen molar-refractivity contribution in [3.8, 4) is 6.07 Å². The highest BCUT2D eigenvalue weighted by Gasteiger charge is 2.18. The average molecular weight is 263 g/mol. The quantitative estimate of drug-likeness (QED) is 0.453. The number of carbonyl (C=O) groups is 1. The second kappa shape index (κ2) is 6.35. The van der Waals surface area contributed by atoms with Crippen LogP contribution in [0.25, 0.3) is 0 Å². The molecule has 0 aliphatic rings. The molecule has 0 unspecified atom stereocenters. The van der Waals surface area contributed by atoms with Crippen molar-refractivity contribution in [1.82, 2.24) is 0 Å². The van der Waals surface area contributed by atoms with E-state index in [0.717, 1.165) is 0 Å². The highest BCUT2D eigenvalue weighted by molar-refractivity contribution is 5.71. The first-order valence-corrected chi connectivity index (χ1v) is 5.46. The SMILES string of the molecule is COC(=O)CCN(C)c1cc(C#N)ccc1[N+](=O)[O-]. The van der Waals surface area contributed by atoms with E-state index in [2.05, 4.69) is 4.74 Å². The van der Waals surface area contributed by atoms with Crippen LogP contribution >= 0.6 is 0 Å². The summed E-state index contributed by atoms with van der Waals surface area (Å²) in [4.78, 5) is 23.0. The van der Waals surface area contributed by atoms with Crippen LogP contribution in [0.2, 0.25) is 0 Å². The Balaban J connectivity index is 2.99. The summed E-state index contributed by atoms with van der Waals surface area (Å²) in [6.45, 7) is 0.266. The minimum absolute atomic E-state index is 0.105. The molecule has 0 aliphatic carbocycles. The summed E-state index contributed by atoms with van der Waals surface area (Å²) in [5, 5.41) is 19.7. The molecular formula is C12H13N3O4. The van der Waals surface area contributed by atoms with Crippen LogP contribution in [0.3, 0.4) is 0 Å². The van der Waals surface area contributed by atoms with Gasteiger partial charge in [-0.05, 0) is 12.1 Å². The largest absolute Gasteiger partial charge is 0.469 e. The molecule has 7 heteroatoms. The molecule has 1 aromatic rings. The lowest BCUT2D eigenvalue weighted by Gasteiger charge is -2.18. The second-order valence-electron chi connectivity index (χ2n) is 3.82. The van der Waals surface area contributed by atoms with Crippen LogP contribution in [0.4, 0.5) is 11.4 Å². The zero-order chi connectivity index (χ0) is 14.4. The molecule has 1 rings (SSSR count). The summed E-state index contributed by atoms with van der Waals surface area (Å²) in [7, 11) is 2.90. The monoisotopic (exact) mass is 263 g/mol. The van der Waals surface area contributed by atoms with Crippen molar-refractivity contribution in [2.24, 2.45) is 0 Å². The Kier molecular flexibility index (Phi) is 4.83. The van der Waals surface area contributed by atoms with Gasteiger partial charge in [0.15, 0.2) is 0 Å². The lowest BCUT2D eigenvalue weighted by Crippen LogP contribution is -2.22. The van der Waals surface area contributed by atoms with E-state index in [1.165, 1.54) is 25.3 Å². The summed E-state index contributed by atoms with van der Waals surface area (Å²) < 4.78 is 4.51. The number of hydrogen-bond acceptors (Lipinski definition) is 6. The summed E-state index contributed by atoms with van der Waals surface area (Å²) >= 11 is 0.